The molecule has 0 aliphatic carbocycles. The number of carbonyl (C=O) groups excluding carboxylic acids is 1. The average molecular weight is 269 g/mol. The highest BCUT2D eigenvalue weighted by Crippen LogP contribution is 2.18. The van der Waals surface area contributed by atoms with E-state index >= 15 is 0 Å². The molecule has 1 aliphatic rings. The lowest BCUT2D eigenvalue weighted by atomic mass is 10.0. The van der Waals surface area contributed by atoms with E-state index in [1.54, 1.807) is 6.20 Å². The summed E-state index contributed by atoms with van der Waals surface area (Å²) in [4.78, 5) is 14.6. The van der Waals surface area contributed by atoms with Crippen molar-refractivity contribution in [1.82, 2.24) is 14.7 Å². The van der Waals surface area contributed by atoms with Gasteiger partial charge in [0.05, 0.1) is 0 Å². The van der Waals surface area contributed by atoms with Crippen molar-refractivity contribution in [3.8, 4) is 0 Å². The molecule has 0 fully saturated rings. The van der Waals surface area contributed by atoms with Gasteiger partial charge in [0.25, 0.3) is 5.91 Å². The van der Waals surface area contributed by atoms with Crippen LogP contribution in [0.1, 0.15) is 28.0 Å². The predicted molar refractivity (Wildman–Crippen MR) is 77.6 cm³/mol. The molecule has 1 aromatic carbocycles. The van der Waals surface area contributed by atoms with E-state index in [0.29, 0.717) is 0 Å². The van der Waals surface area contributed by atoms with E-state index in [0.717, 1.165) is 43.6 Å². The normalized spacial score (nSPS) is 15.1. The van der Waals surface area contributed by atoms with Crippen LogP contribution in [-0.2, 0) is 19.9 Å². The van der Waals surface area contributed by atoms with Gasteiger partial charge in [0, 0.05) is 44.0 Å². The van der Waals surface area contributed by atoms with E-state index in [1.165, 1.54) is 5.56 Å². The summed E-state index contributed by atoms with van der Waals surface area (Å²) in [5.41, 5.74) is 3.21. The van der Waals surface area contributed by atoms with Crippen LogP contribution in [0.25, 0.3) is 0 Å². The summed E-state index contributed by atoms with van der Waals surface area (Å²) in [7, 11) is 1.94. The predicted octanol–water partition coefficient (Wildman–Crippen LogP) is 2.05. The zero-order valence-electron chi connectivity index (χ0n) is 11.7. The summed E-state index contributed by atoms with van der Waals surface area (Å²) in [5, 5.41) is 4.17. The van der Waals surface area contributed by atoms with Crippen LogP contribution in [0.15, 0.2) is 36.5 Å². The second kappa shape index (κ2) is 5.49. The molecule has 4 nitrogen and oxygen atoms in total. The van der Waals surface area contributed by atoms with Crippen LogP contribution in [0.3, 0.4) is 0 Å². The van der Waals surface area contributed by atoms with Crippen LogP contribution >= 0.6 is 0 Å². The van der Waals surface area contributed by atoms with Gasteiger partial charge in [-0.25, -0.2) is 0 Å². The molecule has 0 unspecified atom stereocenters. The summed E-state index contributed by atoms with van der Waals surface area (Å²) >= 11 is 0. The van der Waals surface area contributed by atoms with Crippen molar-refractivity contribution in [1.29, 1.82) is 0 Å². The van der Waals surface area contributed by atoms with Crippen molar-refractivity contribution in [2.24, 2.45) is 7.05 Å². The number of fused-ring (bicyclic) bond motifs is 1. The first kappa shape index (κ1) is 12.9. The molecule has 0 saturated heterocycles. The molecule has 3 rings (SSSR count). The van der Waals surface area contributed by atoms with E-state index in [1.807, 2.05) is 40.9 Å². The Bertz CT molecular complexity index is 618. The lowest BCUT2D eigenvalue weighted by Gasteiger charge is -2.20. The number of benzene rings is 1. The van der Waals surface area contributed by atoms with Gasteiger partial charge in [-0.2, -0.15) is 5.10 Å². The van der Waals surface area contributed by atoms with E-state index in [4.69, 9.17) is 0 Å². The largest absolute Gasteiger partial charge is 0.338 e. The highest BCUT2D eigenvalue weighted by molar-refractivity contribution is 5.96. The van der Waals surface area contributed by atoms with Gasteiger partial charge in [0.2, 0.25) is 0 Å². The molecule has 4 heteroatoms. The smallest absolute Gasteiger partial charge is 0.254 e. The molecule has 0 spiro atoms. The van der Waals surface area contributed by atoms with Gasteiger partial charge in [-0.3, -0.25) is 9.48 Å². The molecule has 0 N–H and O–H groups in total. The molecule has 2 aromatic rings. The maximum atomic E-state index is 12.6. The molecule has 0 bridgehead atoms. The first-order valence-corrected chi connectivity index (χ1v) is 7.10. The third kappa shape index (κ3) is 2.46. The zero-order chi connectivity index (χ0) is 13.9. The van der Waals surface area contributed by atoms with Crippen molar-refractivity contribution >= 4 is 5.91 Å². The topological polar surface area (TPSA) is 38.1 Å². The molecule has 0 saturated carbocycles. The van der Waals surface area contributed by atoms with Crippen LogP contribution in [0.2, 0.25) is 0 Å². The monoisotopic (exact) mass is 269 g/mol. The summed E-state index contributed by atoms with van der Waals surface area (Å²) in [6.07, 6.45) is 4.68. The minimum absolute atomic E-state index is 0.167. The third-order valence-electron chi connectivity index (χ3n) is 3.97. The number of amides is 1. The number of nitrogens with zero attached hydrogens (tertiary/aromatic N) is 3. The Balaban J connectivity index is 1.74. The highest BCUT2D eigenvalue weighted by Gasteiger charge is 2.21. The number of rotatable bonds is 3. The standard InChI is InChI=1S/C16H19N3O/c1-18-14(8-10-17-18)9-12-19-11-4-6-13-5-2-3-7-15(13)16(19)20/h2-3,5,7-8,10H,4,6,9,11-12H2,1H3. The van der Waals surface area contributed by atoms with Crippen LogP contribution in [0, 0.1) is 0 Å². The molecule has 1 aromatic heterocycles. The van der Waals surface area contributed by atoms with Gasteiger partial charge in [0.1, 0.15) is 0 Å². The Labute approximate surface area is 119 Å². The zero-order valence-corrected chi connectivity index (χ0v) is 11.7. The quantitative estimate of drug-likeness (QED) is 0.855. The molecule has 104 valence electrons. The molecule has 20 heavy (non-hydrogen) atoms. The molecule has 0 radical (unpaired) electrons. The number of aryl methyl sites for hydroxylation is 2. The van der Waals surface area contributed by atoms with Crippen molar-refractivity contribution in [3.05, 3.63) is 53.3 Å². The molecule has 2 heterocycles. The molecular formula is C16H19N3O. The third-order valence-corrected chi connectivity index (χ3v) is 3.97. The fourth-order valence-electron chi connectivity index (χ4n) is 2.79. The number of carbonyl (C=O) groups is 1. The summed E-state index contributed by atoms with van der Waals surface area (Å²) in [6, 6.07) is 9.98. The molecule has 1 aliphatic heterocycles. The van der Waals surface area contributed by atoms with Crippen LogP contribution < -0.4 is 0 Å². The SMILES string of the molecule is Cn1nccc1CCN1CCCc2ccccc2C1=O. The Morgan fingerprint density at radius 1 is 1.25 bits per heavy atom. The highest BCUT2D eigenvalue weighted by atomic mass is 16.2. The van der Waals surface area contributed by atoms with E-state index in [-0.39, 0.29) is 5.91 Å². The fraction of sp³-hybridized carbons (Fsp3) is 0.375. The van der Waals surface area contributed by atoms with Crippen LogP contribution in [0.4, 0.5) is 0 Å². The van der Waals surface area contributed by atoms with Gasteiger partial charge >= 0.3 is 0 Å². The van der Waals surface area contributed by atoms with Gasteiger partial charge in [0.15, 0.2) is 0 Å². The fourth-order valence-corrected chi connectivity index (χ4v) is 2.79. The molecule has 1 amide bonds. The second-order valence-electron chi connectivity index (χ2n) is 5.25. The van der Waals surface area contributed by atoms with Crippen molar-refractivity contribution in [2.45, 2.75) is 19.3 Å². The first-order chi connectivity index (χ1) is 9.75. The van der Waals surface area contributed by atoms with Crippen LogP contribution in [0.5, 0.6) is 0 Å². The summed E-state index contributed by atoms with van der Waals surface area (Å²) < 4.78 is 1.87. The van der Waals surface area contributed by atoms with E-state index in [9.17, 15) is 4.79 Å². The maximum Gasteiger partial charge on any atom is 0.254 e. The molecular weight excluding hydrogens is 250 g/mol. The second-order valence-corrected chi connectivity index (χ2v) is 5.25. The Kier molecular flexibility index (Phi) is 3.54. The van der Waals surface area contributed by atoms with E-state index in [2.05, 4.69) is 11.2 Å². The first-order valence-electron chi connectivity index (χ1n) is 7.10. The van der Waals surface area contributed by atoms with Crippen molar-refractivity contribution in [3.63, 3.8) is 0 Å². The van der Waals surface area contributed by atoms with Crippen LogP contribution in [-0.4, -0.2) is 33.7 Å². The number of hydrogen-bond donors (Lipinski definition) is 0. The van der Waals surface area contributed by atoms with Gasteiger partial charge < -0.3 is 4.90 Å². The van der Waals surface area contributed by atoms with Gasteiger partial charge in [-0.05, 0) is 30.5 Å². The lowest BCUT2D eigenvalue weighted by Crippen LogP contribution is -2.33. The van der Waals surface area contributed by atoms with Crippen molar-refractivity contribution < 1.29 is 4.79 Å². The Morgan fingerprint density at radius 3 is 2.90 bits per heavy atom. The van der Waals surface area contributed by atoms with Gasteiger partial charge in [-0.1, -0.05) is 18.2 Å². The maximum absolute atomic E-state index is 12.6. The minimum Gasteiger partial charge on any atom is -0.338 e. The number of aromatic nitrogens is 2. The summed E-state index contributed by atoms with van der Waals surface area (Å²) in [6.45, 7) is 1.60. The number of hydrogen-bond acceptors (Lipinski definition) is 2. The van der Waals surface area contributed by atoms with E-state index < -0.39 is 0 Å². The molecule has 0 atom stereocenters. The minimum atomic E-state index is 0.167. The lowest BCUT2D eigenvalue weighted by molar-refractivity contribution is 0.0762. The Morgan fingerprint density at radius 2 is 2.10 bits per heavy atom. The van der Waals surface area contributed by atoms with Gasteiger partial charge in [-0.15, -0.1) is 0 Å². The summed E-state index contributed by atoms with van der Waals surface area (Å²) in [5.74, 6) is 0.167. The average Bonchev–Trinajstić information content (AvgIpc) is 2.80. The Hall–Kier alpha value is -2.10. The van der Waals surface area contributed by atoms with Crippen molar-refractivity contribution in [2.75, 3.05) is 13.1 Å².